The van der Waals surface area contributed by atoms with E-state index in [0.29, 0.717) is 5.92 Å². The molecule has 1 aromatic carbocycles. The standard InChI is InChI=1S/C13H21NO/c1-6-14(4)12-8-7-11(10(2)3)9-13(12)15-5/h7-10H,6H2,1-5H3. The maximum atomic E-state index is 5.42. The molecule has 0 saturated heterocycles. The van der Waals surface area contributed by atoms with Gasteiger partial charge in [0, 0.05) is 13.6 Å². The molecule has 15 heavy (non-hydrogen) atoms. The van der Waals surface area contributed by atoms with Gasteiger partial charge in [0.25, 0.3) is 0 Å². The molecule has 2 nitrogen and oxygen atoms in total. The van der Waals surface area contributed by atoms with E-state index in [9.17, 15) is 0 Å². The second kappa shape index (κ2) is 5.06. The summed E-state index contributed by atoms with van der Waals surface area (Å²) in [6.07, 6.45) is 0. The van der Waals surface area contributed by atoms with Gasteiger partial charge in [-0.05, 0) is 30.5 Å². The maximum Gasteiger partial charge on any atom is 0.142 e. The molecular formula is C13H21NO. The van der Waals surface area contributed by atoms with Crippen LogP contribution in [0.3, 0.4) is 0 Å². The molecule has 0 N–H and O–H groups in total. The van der Waals surface area contributed by atoms with Crippen LogP contribution in [-0.4, -0.2) is 20.7 Å². The van der Waals surface area contributed by atoms with Gasteiger partial charge >= 0.3 is 0 Å². The van der Waals surface area contributed by atoms with Crippen molar-refractivity contribution in [3.8, 4) is 5.75 Å². The third kappa shape index (κ3) is 2.65. The topological polar surface area (TPSA) is 12.5 Å². The van der Waals surface area contributed by atoms with Crippen LogP contribution in [0.5, 0.6) is 5.75 Å². The average molecular weight is 207 g/mol. The fourth-order valence-corrected chi connectivity index (χ4v) is 1.54. The van der Waals surface area contributed by atoms with Crippen LogP contribution in [-0.2, 0) is 0 Å². The zero-order valence-electron chi connectivity index (χ0n) is 10.4. The molecular weight excluding hydrogens is 186 g/mol. The molecule has 0 aromatic heterocycles. The summed E-state index contributed by atoms with van der Waals surface area (Å²) in [5.74, 6) is 1.51. The molecule has 0 spiro atoms. The van der Waals surface area contributed by atoms with Crippen molar-refractivity contribution in [2.45, 2.75) is 26.7 Å². The fourth-order valence-electron chi connectivity index (χ4n) is 1.54. The number of rotatable bonds is 4. The highest BCUT2D eigenvalue weighted by atomic mass is 16.5. The summed E-state index contributed by atoms with van der Waals surface area (Å²) in [5, 5.41) is 0. The highest BCUT2D eigenvalue weighted by Crippen LogP contribution is 2.30. The maximum absolute atomic E-state index is 5.42. The minimum absolute atomic E-state index is 0.542. The molecule has 0 aliphatic heterocycles. The summed E-state index contributed by atoms with van der Waals surface area (Å²) < 4.78 is 5.42. The number of ether oxygens (including phenoxy) is 1. The Bertz CT molecular complexity index is 320. The first-order valence-electron chi connectivity index (χ1n) is 5.49. The van der Waals surface area contributed by atoms with Gasteiger partial charge in [-0.15, -0.1) is 0 Å². The van der Waals surface area contributed by atoms with Crippen LogP contribution in [0.15, 0.2) is 18.2 Å². The number of nitrogens with zero attached hydrogens (tertiary/aromatic N) is 1. The number of hydrogen-bond acceptors (Lipinski definition) is 2. The Hall–Kier alpha value is -1.18. The van der Waals surface area contributed by atoms with Gasteiger partial charge in [-0.25, -0.2) is 0 Å². The van der Waals surface area contributed by atoms with E-state index in [-0.39, 0.29) is 0 Å². The minimum atomic E-state index is 0.542. The van der Waals surface area contributed by atoms with E-state index in [1.807, 2.05) is 0 Å². The number of benzene rings is 1. The molecule has 0 aliphatic carbocycles. The highest BCUT2D eigenvalue weighted by molar-refractivity contribution is 5.59. The van der Waals surface area contributed by atoms with Gasteiger partial charge in [-0.3, -0.25) is 0 Å². The van der Waals surface area contributed by atoms with Crippen LogP contribution < -0.4 is 9.64 Å². The molecule has 0 heterocycles. The van der Waals surface area contributed by atoms with Crippen molar-refractivity contribution in [1.29, 1.82) is 0 Å². The van der Waals surface area contributed by atoms with Crippen molar-refractivity contribution >= 4 is 5.69 Å². The first kappa shape index (κ1) is 11.9. The first-order valence-corrected chi connectivity index (χ1v) is 5.49. The van der Waals surface area contributed by atoms with E-state index in [0.717, 1.165) is 18.0 Å². The van der Waals surface area contributed by atoms with E-state index in [1.165, 1.54) is 5.56 Å². The molecule has 0 unspecified atom stereocenters. The summed E-state index contributed by atoms with van der Waals surface area (Å²) >= 11 is 0. The summed E-state index contributed by atoms with van der Waals surface area (Å²) in [5.41, 5.74) is 2.48. The molecule has 1 aromatic rings. The van der Waals surface area contributed by atoms with Crippen molar-refractivity contribution in [3.05, 3.63) is 23.8 Å². The van der Waals surface area contributed by atoms with Crippen LogP contribution >= 0.6 is 0 Å². The van der Waals surface area contributed by atoms with Gasteiger partial charge in [0.2, 0.25) is 0 Å². The molecule has 0 bridgehead atoms. The van der Waals surface area contributed by atoms with Gasteiger partial charge in [-0.2, -0.15) is 0 Å². The van der Waals surface area contributed by atoms with Gasteiger partial charge in [-0.1, -0.05) is 19.9 Å². The van der Waals surface area contributed by atoms with E-state index < -0.39 is 0 Å². The minimum Gasteiger partial charge on any atom is -0.495 e. The van der Waals surface area contributed by atoms with E-state index in [1.54, 1.807) is 7.11 Å². The Kier molecular flexibility index (Phi) is 4.01. The van der Waals surface area contributed by atoms with Gasteiger partial charge in [0.05, 0.1) is 12.8 Å². The Labute approximate surface area is 92.9 Å². The lowest BCUT2D eigenvalue weighted by molar-refractivity contribution is 0.414. The van der Waals surface area contributed by atoms with Crippen molar-refractivity contribution in [1.82, 2.24) is 0 Å². The Morgan fingerprint density at radius 3 is 2.47 bits per heavy atom. The second-order valence-corrected chi connectivity index (χ2v) is 4.10. The first-order chi connectivity index (χ1) is 7.10. The van der Waals surface area contributed by atoms with Crippen LogP contribution in [0.1, 0.15) is 32.3 Å². The molecule has 1 rings (SSSR count). The normalized spacial score (nSPS) is 10.5. The van der Waals surface area contributed by atoms with E-state index in [4.69, 9.17) is 4.74 Å². The van der Waals surface area contributed by atoms with E-state index in [2.05, 4.69) is 50.9 Å². The molecule has 0 fully saturated rings. The Balaban J connectivity index is 3.09. The predicted molar refractivity (Wildman–Crippen MR) is 66.0 cm³/mol. The summed E-state index contributed by atoms with van der Waals surface area (Å²) in [7, 11) is 3.80. The monoisotopic (exact) mass is 207 g/mol. The molecule has 0 amide bonds. The molecule has 84 valence electrons. The van der Waals surface area contributed by atoms with Crippen molar-refractivity contribution < 1.29 is 4.74 Å². The summed E-state index contributed by atoms with van der Waals surface area (Å²) in [6, 6.07) is 6.44. The second-order valence-electron chi connectivity index (χ2n) is 4.10. The lowest BCUT2D eigenvalue weighted by Gasteiger charge is -2.21. The molecule has 2 heteroatoms. The van der Waals surface area contributed by atoms with Gasteiger partial charge < -0.3 is 9.64 Å². The third-order valence-corrected chi connectivity index (χ3v) is 2.76. The van der Waals surface area contributed by atoms with Crippen LogP contribution in [0, 0.1) is 0 Å². The van der Waals surface area contributed by atoms with Gasteiger partial charge in [0.1, 0.15) is 5.75 Å². The molecule has 0 radical (unpaired) electrons. The van der Waals surface area contributed by atoms with Crippen molar-refractivity contribution in [2.75, 3.05) is 25.6 Å². The summed E-state index contributed by atoms with van der Waals surface area (Å²) in [4.78, 5) is 2.18. The zero-order valence-corrected chi connectivity index (χ0v) is 10.4. The quantitative estimate of drug-likeness (QED) is 0.751. The van der Waals surface area contributed by atoms with Gasteiger partial charge in [0.15, 0.2) is 0 Å². The fraction of sp³-hybridized carbons (Fsp3) is 0.538. The average Bonchev–Trinajstić information content (AvgIpc) is 2.27. The van der Waals surface area contributed by atoms with Crippen LogP contribution in [0.25, 0.3) is 0 Å². The molecule has 0 atom stereocenters. The predicted octanol–water partition coefficient (Wildman–Crippen LogP) is 3.27. The number of methoxy groups -OCH3 is 1. The smallest absolute Gasteiger partial charge is 0.142 e. The Morgan fingerprint density at radius 1 is 1.33 bits per heavy atom. The van der Waals surface area contributed by atoms with Crippen LogP contribution in [0.2, 0.25) is 0 Å². The largest absolute Gasteiger partial charge is 0.495 e. The van der Waals surface area contributed by atoms with Crippen molar-refractivity contribution in [3.63, 3.8) is 0 Å². The van der Waals surface area contributed by atoms with E-state index >= 15 is 0 Å². The lowest BCUT2D eigenvalue weighted by Crippen LogP contribution is -2.16. The number of hydrogen-bond donors (Lipinski definition) is 0. The summed E-state index contributed by atoms with van der Waals surface area (Å²) in [6.45, 7) is 7.50. The van der Waals surface area contributed by atoms with Crippen LogP contribution in [0.4, 0.5) is 5.69 Å². The SMILES string of the molecule is CCN(C)c1ccc(C(C)C)cc1OC. The third-order valence-electron chi connectivity index (χ3n) is 2.76. The molecule has 0 aliphatic rings. The number of anilines is 1. The zero-order chi connectivity index (χ0) is 11.4. The Morgan fingerprint density at radius 2 is 2.00 bits per heavy atom. The highest BCUT2D eigenvalue weighted by Gasteiger charge is 2.09. The lowest BCUT2D eigenvalue weighted by atomic mass is 10.0. The molecule has 0 saturated carbocycles. The van der Waals surface area contributed by atoms with Crippen molar-refractivity contribution in [2.24, 2.45) is 0 Å².